The molecule has 0 fully saturated rings. The highest BCUT2D eigenvalue weighted by Gasteiger charge is 2.30. The second-order valence-electron chi connectivity index (χ2n) is 9.90. The van der Waals surface area contributed by atoms with Crippen LogP contribution < -0.4 is 5.32 Å². The Labute approximate surface area is 220 Å². The zero-order chi connectivity index (χ0) is 26.2. The van der Waals surface area contributed by atoms with E-state index in [2.05, 4.69) is 65.3 Å². The lowest BCUT2D eigenvalue weighted by molar-refractivity contribution is 0.175. The first-order valence-electron chi connectivity index (χ1n) is 13.1. The van der Waals surface area contributed by atoms with E-state index in [1.54, 1.807) is 4.90 Å². The van der Waals surface area contributed by atoms with Crippen LogP contribution in [0.5, 0.6) is 0 Å². The number of amides is 2. The molecule has 6 heteroatoms. The Hall–Kier alpha value is -4.19. The van der Waals surface area contributed by atoms with Gasteiger partial charge in [-0.25, -0.2) is 13.6 Å². The molecule has 1 unspecified atom stereocenters. The maximum absolute atomic E-state index is 14.5. The molecular formula is C32H29F2N3O. The molecule has 0 saturated carbocycles. The largest absolute Gasteiger partial charge is 0.341 e. The van der Waals surface area contributed by atoms with Crippen molar-refractivity contribution in [2.24, 2.45) is 0 Å². The number of aryl methyl sites for hydroxylation is 2. The van der Waals surface area contributed by atoms with Gasteiger partial charge in [0.2, 0.25) is 0 Å². The average molecular weight is 510 g/mol. The summed E-state index contributed by atoms with van der Waals surface area (Å²) in [4.78, 5) is 15.5. The number of nitrogens with one attached hydrogen (secondary N) is 1. The van der Waals surface area contributed by atoms with Crippen LogP contribution in [0.4, 0.5) is 19.3 Å². The number of para-hydroxylation sites is 1. The van der Waals surface area contributed by atoms with Crippen molar-refractivity contribution in [3.05, 3.63) is 113 Å². The van der Waals surface area contributed by atoms with Gasteiger partial charge in [0.05, 0.1) is 11.7 Å². The molecule has 0 aliphatic heterocycles. The fraction of sp³-hybridized carbons (Fsp3) is 0.219. The minimum absolute atomic E-state index is 0.0352. The van der Waals surface area contributed by atoms with E-state index in [0.717, 1.165) is 60.0 Å². The third-order valence-corrected chi connectivity index (χ3v) is 7.65. The summed E-state index contributed by atoms with van der Waals surface area (Å²) in [6.07, 6.45) is 2.74. The predicted molar refractivity (Wildman–Crippen MR) is 148 cm³/mol. The van der Waals surface area contributed by atoms with Crippen molar-refractivity contribution in [1.29, 1.82) is 0 Å². The number of rotatable bonds is 5. The number of benzene rings is 4. The van der Waals surface area contributed by atoms with Crippen molar-refractivity contribution in [1.82, 2.24) is 9.47 Å². The summed E-state index contributed by atoms with van der Waals surface area (Å²) in [6.45, 7) is 3.36. The summed E-state index contributed by atoms with van der Waals surface area (Å²) in [5.74, 6) is -1.48. The van der Waals surface area contributed by atoms with Gasteiger partial charge >= 0.3 is 6.03 Å². The molecule has 1 N–H and O–H groups in total. The number of urea groups is 1. The number of nitrogens with zero attached hydrogens (tertiary/aromatic N) is 2. The van der Waals surface area contributed by atoms with Crippen molar-refractivity contribution >= 4 is 33.5 Å². The van der Waals surface area contributed by atoms with Crippen LogP contribution in [0, 0.1) is 11.6 Å². The molecule has 0 bridgehead atoms. The van der Waals surface area contributed by atoms with Crippen molar-refractivity contribution in [3.63, 3.8) is 0 Å². The van der Waals surface area contributed by atoms with Crippen LogP contribution in [0.2, 0.25) is 0 Å². The van der Waals surface area contributed by atoms with Gasteiger partial charge in [0.25, 0.3) is 0 Å². The highest BCUT2D eigenvalue weighted by atomic mass is 19.1. The maximum atomic E-state index is 14.5. The molecule has 38 heavy (non-hydrogen) atoms. The third kappa shape index (κ3) is 4.30. The van der Waals surface area contributed by atoms with Gasteiger partial charge in [-0.1, -0.05) is 48.5 Å². The summed E-state index contributed by atoms with van der Waals surface area (Å²) >= 11 is 0. The number of hydrogen-bond acceptors (Lipinski definition) is 1. The molecule has 0 spiro atoms. The van der Waals surface area contributed by atoms with Crippen LogP contribution in [-0.2, 0) is 19.5 Å². The standard InChI is InChI=1S/C32H29F2N3O/c1-2-36-30-12-6-5-11-25(30)26-18-21(14-17-31(26)36)20-37(29-13-7-9-22-8-3-4-10-24(22)29)32(38)35-28-16-15-23(33)19-27(28)34/h3-6,8,10-12,14-19,29H,2,7,9,13,20H2,1H3,(H,35,38). The Balaban J connectivity index is 1.41. The smallest absolute Gasteiger partial charge is 0.322 e. The van der Waals surface area contributed by atoms with E-state index in [0.29, 0.717) is 6.54 Å². The van der Waals surface area contributed by atoms with Gasteiger partial charge in [-0.2, -0.15) is 0 Å². The van der Waals surface area contributed by atoms with Crippen molar-refractivity contribution in [2.45, 2.75) is 45.3 Å². The molecule has 1 aliphatic carbocycles. The van der Waals surface area contributed by atoms with E-state index in [1.165, 1.54) is 22.5 Å². The molecule has 1 aliphatic rings. The topological polar surface area (TPSA) is 37.3 Å². The number of fused-ring (bicyclic) bond motifs is 4. The van der Waals surface area contributed by atoms with Crippen molar-refractivity contribution in [3.8, 4) is 0 Å². The van der Waals surface area contributed by atoms with E-state index >= 15 is 0 Å². The van der Waals surface area contributed by atoms with Gasteiger partial charge in [0.15, 0.2) is 0 Å². The van der Waals surface area contributed by atoms with Crippen LogP contribution in [-0.4, -0.2) is 15.5 Å². The maximum Gasteiger partial charge on any atom is 0.322 e. The van der Waals surface area contributed by atoms with Crippen molar-refractivity contribution in [2.75, 3.05) is 5.32 Å². The van der Waals surface area contributed by atoms with E-state index in [4.69, 9.17) is 0 Å². The minimum Gasteiger partial charge on any atom is -0.341 e. The van der Waals surface area contributed by atoms with E-state index in [-0.39, 0.29) is 11.7 Å². The quantitative estimate of drug-likeness (QED) is 0.255. The molecule has 4 aromatic carbocycles. The van der Waals surface area contributed by atoms with Crippen LogP contribution in [0.3, 0.4) is 0 Å². The summed E-state index contributed by atoms with van der Waals surface area (Å²) in [6, 6.07) is 25.6. The fourth-order valence-corrected chi connectivity index (χ4v) is 5.89. The molecule has 4 nitrogen and oxygen atoms in total. The Bertz CT molecular complexity index is 1660. The van der Waals surface area contributed by atoms with E-state index in [9.17, 15) is 13.6 Å². The number of aromatic nitrogens is 1. The summed E-state index contributed by atoms with van der Waals surface area (Å²) in [5, 5.41) is 5.03. The Morgan fingerprint density at radius 3 is 2.58 bits per heavy atom. The van der Waals surface area contributed by atoms with Gasteiger partial charge in [-0.05, 0) is 73.2 Å². The molecule has 0 saturated heterocycles. The zero-order valence-corrected chi connectivity index (χ0v) is 21.3. The molecule has 2 amide bonds. The highest BCUT2D eigenvalue weighted by Crippen LogP contribution is 2.37. The Morgan fingerprint density at radius 1 is 0.947 bits per heavy atom. The lowest BCUT2D eigenvalue weighted by atomic mass is 9.86. The molecule has 1 heterocycles. The first-order chi connectivity index (χ1) is 18.5. The lowest BCUT2D eigenvalue weighted by Crippen LogP contribution is -2.39. The van der Waals surface area contributed by atoms with Crippen LogP contribution >= 0.6 is 0 Å². The van der Waals surface area contributed by atoms with Gasteiger partial charge < -0.3 is 14.8 Å². The SMILES string of the molecule is CCn1c2ccccc2c2cc(CN(C(=O)Nc3ccc(F)cc3F)C3CCCc4ccccc43)ccc21. The molecule has 192 valence electrons. The lowest BCUT2D eigenvalue weighted by Gasteiger charge is -2.36. The van der Waals surface area contributed by atoms with E-state index < -0.39 is 17.7 Å². The third-order valence-electron chi connectivity index (χ3n) is 7.65. The number of carbonyl (C=O) groups is 1. The summed E-state index contributed by atoms with van der Waals surface area (Å²) < 4.78 is 30.3. The molecule has 5 aromatic rings. The van der Waals surface area contributed by atoms with E-state index in [1.807, 2.05) is 18.2 Å². The highest BCUT2D eigenvalue weighted by molar-refractivity contribution is 6.08. The van der Waals surface area contributed by atoms with Gasteiger partial charge in [0.1, 0.15) is 11.6 Å². The summed E-state index contributed by atoms with van der Waals surface area (Å²) in [5.41, 5.74) is 5.66. The van der Waals surface area contributed by atoms with Crippen LogP contribution in [0.25, 0.3) is 21.8 Å². The average Bonchev–Trinajstić information content (AvgIpc) is 3.26. The first kappa shape index (κ1) is 24.2. The monoisotopic (exact) mass is 509 g/mol. The van der Waals surface area contributed by atoms with Crippen LogP contribution in [0.15, 0.2) is 84.9 Å². The predicted octanol–water partition coefficient (Wildman–Crippen LogP) is 8.20. The number of carbonyl (C=O) groups excluding carboxylic acids is 1. The molecule has 1 atom stereocenters. The minimum atomic E-state index is -0.795. The zero-order valence-electron chi connectivity index (χ0n) is 21.3. The molecular weight excluding hydrogens is 480 g/mol. The normalized spacial score (nSPS) is 15.0. The number of hydrogen-bond donors (Lipinski definition) is 1. The molecule has 1 aromatic heterocycles. The Kier molecular flexibility index (Phi) is 6.32. The Morgan fingerprint density at radius 2 is 1.74 bits per heavy atom. The second-order valence-corrected chi connectivity index (χ2v) is 9.90. The second kappa shape index (κ2) is 9.93. The molecule has 0 radical (unpaired) electrons. The first-order valence-corrected chi connectivity index (χ1v) is 13.1. The van der Waals surface area contributed by atoms with Gasteiger partial charge in [-0.3, -0.25) is 0 Å². The number of halogens is 2. The van der Waals surface area contributed by atoms with Crippen molar-refractivity contribution < 1.29 is 13.6 Å². The molecule has 6 rings (SSSR count). The number of anilines is 1. The summed E-state index contributed by atoms with van der Waals surface area (Å²) in [7, 11) is 0. The van der Waals surface area contributed by atoms with Crippen LogP contribution in [0.1, 0.15) is 42.5 Å². The fourth-order valence-electron chi connectivity index (χ4n) is 5.89. The van der Waals surface area contributed by atoms with Gasteiger partial charge in [-0.15, -0.1) is 0 Å². The van der Waals surface area contributed by atoms with Gasteiger partial charge in [0, 0.05) is 41.0 Å².